The fraction of sp³-hybridized carbons (Fsp3) is 0.600. The van der Waals surface area contributed by atoms with Crippen molar-refractivity contribution in [2.24, 2.45) is 5.92 Å². The number of aryl methyl sites for hydroxylation is 2. The zero-order valence-corrected chi connectivity index (χ0v) is 16.5. The molecule has 9 nitrogen and oxygen atoms in total. The fourth-order valence-corrected chi connectivity index (χ4v) is 3.37. The monoisotopic (exact) mass is 403 g/mol. The highest BCUT2D eigenvalue weighted by atomic mass is 16.4. The van der Waals surface area contributed by atoms with Gasteiger partial charge in [-0.25, -0.2) is 9.78 Å². The van der Waals surface area contributed by atoms with Crippen LogP contribution >= 0.6 is 0 Å². The van der Waals surface area contributed by atoms with Gasteiger partial charge in [0.25, 0.3) is 0 Å². The molecule has 1 atom stereocenters. The molecular weight excluding hydrogens is 374 g/mol. The zero-order valence-electron chi connectivity index (χ0n) is 16.5. The summed E-state index contributed by atoms with van der Waals surface area (Å²) in [5, 5.41) is 20.6. The number of carboxylic acids is 1. The van der Waals surface area contributed by atoms with E-state index >= 15 is 0 Å². The molecule has 0 radical (unpaired) electrons. The summed E-state index contributed by atoms with van der Waals surface area (Å²) in [6.07, 6.45) is 4.82. The van der Waals surface area contributed by atoms with E-state index in [-0.39, 0.29) is 24.3 Å². The molecule has 0 bridgehead atoms. The van der Waals surface area contributed by atoms with Gasteiger partial charge in [-0.3, -0.25) is 9.59 Å². The predicted molar refractivity (Wildman–Crippen MR) is 108 cm³/mol. The molecule has 1 saturated heterocycles. The number of hydrogen-bond donors (Lipinski definition) is 5. The van der Waals surface area contributed by atoms with Gasteiger partial charge in [0.2, 0.25) is 11.8 Å². The van der Waals surface area contributed by atoms with E-state index in [9.17, 15) is 19.5 Å². The number of pyridine rings is 1. The molecule has 2 aliphatic rings. The highest BCUT2D eigenvalue weighted by Gasteiger charge is 2.29. The van der Waals surface area contributed by atoms with Crippen LogP contribution in [0.15, 0.2) is 12.1 Å². The van der Waals surface area contributed by atoms with E-state index in [1.165, 1.54) is 5.56 Å². The van der Waals surface area contributed by atoms with E-state index in [0.29, 0.717) is 25.9 Å². The number of carboxylic acid groups (broad SMARTS) is 1. The van der Waals surface area contributed by atoms with Crippen LogP contribution in [-0.2, 0) is 27.2 Å². The van der Waals surface area contributed by atoms with Gasteiger partial charge in [0, 0.05) is 38.3 Å². The Morgan fingerprint density at radius 2 is 2.07 bits per heavy atom. The van der Waals surface area contributed by atoms with Crippen molar-refractivity contribution in [1.82, 2.24) is 20.9 Å². The second kappa shape index (κ2) is 10.2. The van der Waals surface area contributed by atoms with Crippen LogP contribution in [0, 0.1) is 5.92 Å². The van der Waals surface area contributed by atoms with Crippen molar-refractivity contribution in [1.29, 1.82) is 0 Å². The maximum absolute atomic E-state index is 12.0. The van der Waals surface area contributed by atoms with Crippen LogP contribution in [0.25, 0.3) is 0 Å². The molecule has 1 aromatic heterocycles. The average molecular weight is 403 g/mol. The van der Waals surface area contributed by atoms with Crippen LogP contribution in [0.5, 0.6) is 0 Å². The lowest BCUT2D eigenvalue weighted by Crippen LogP contribution is -2.56. The predicted octanol–water partition coefficient (Wildman–Crippen LogP) is 0.0575. The molecule has 0 aromatic carbocycles. The second-order valence-electron chi connectivity index (χ2n) is 7.61. The Bertz CT molecular complexity index is 750. The van der Waals surface area contributed by atoms with Gasteiger partial charge in [0.05, 0.1) is 5.92 Å². The molecule has 2 aliphatic heterocycles. The van der Waals surface area contributed by atoms with Crippen molar-refractivity contribution < 1.29 is 19.5 Å². The molecule has 2 amide bonds. The molecule has 3 rings (SSSR count). The minimum atomic E-state index is -1.15. The molecule has 1 aromatic rings. The van der Waals surface area contributed by atoms with E-state index in [0.717, 1.165) is 43.7 Å². The summed E-state index contributed by atoms with van der Waals surface area (Å²) in [6, 6.07) is 3.06. The quantitative estimate of drug-likeness (QED) is 0.349. The Morgan fingerprint density at radius 1 is 1.24 bits per heavy atom. The number of nitrogens with zero attached hydrogens (tertiary/aromatic N) is 1. The third kappa shape index (κ3) is 6.15. The Hall–Kier alpha value is -2.68. The second-order valence-corrected chi connectivity index (χ2v) is 7.61. The first-order chi connectivity index (χ1) is 14.0. The maximum atomic E-state index is 12.0. The van der Waals surface area contributed by atoms with Crippen molar-refractivity contribution in [3.05, 3.63) is 23.4 Å². The van der Waals surface area contributed by atoms with E-state index in [4.69, 9.17) is 0 Å². The number of aromatic nitrogens is 1. The van der Waals surface area contributed by atoms with Gasteiger partial charge in [-0.1, -0.05) is 6.07 Å². The molecule has 3 heterocycles. The van der Waals surface area contributed by atoms with Crippen LogP contribution in [0.3, 0.4) is 0 Å². The SMILES string of the molecule is O=C(CCCCc1ccc2c(n1)NCCC2)NCC(NC(=O)C1CNC1)C(=O)O. The van der Waals surface area contributed by atoms with E-state index < -0.39 is 12.0 Å². The standard InChI is InChI=1S/C20H29N5O4/c26-17(23-12-16(20(28)29)25-19(27)14-10-21-11-14)6-2-1-5-15-8-7-13-4-3-9-22-18(13)24-15/h7-8,14,16,21H,1-6,9-12H2,(H,22,24)(H,23,26)(H,25,27)(H,28,29). The fourth-order valence-electron chi connectivity index (χ4n) is 3.37. The number of nitrogens with one attached hydrogen (secondary N) is 4. The maximum Gasteiger partial charge on any atom is 0.328 e. The minimum Gasteiger partial charge on any atom is -0.480 e. The van der Waals surface area contributed by atoms with Gasteiger partial charge in [-0.15, -0.1) is 0 Å². The first-order valence-corrected chi connectivity index (χ1v) is 10.3. The van der Waals surface area contributed by atoms with Crippen molar-refractivity contribution >= 4 is 23.6 Å². The molecule has 1 unspecified atom stereocenters. The molecule has 9 heteroatoms. The first kappa shape index (κ1) is 21.0. The van der Waals surface area contributed by atoms with E-state index in [2.05, 4.69) is 32.3 Å². The highest BCUT2D eigenvalue weighted by Crippen LogP contribution is 2.20. The Kier molecular flexibility index (Phi) is 7.40. The zero-order chi connectivity index (χ0) is 20.6. The summed E-state index contributed by atoms with van der Waals surface area (Å²) in [5.74, 6) is -0.878. The number of amides is 2. The van der Waals surface area contributed by atoms with Crippen LogP contribution in [0.4, 0.5) is 5.82 Å². The Balaban J connectivity index is 1.33. The Labute approximate surface area is 170 Å². The van der Waals surface area contributed by atoms with E-state index in [1.54, 1.807) is 0 Å². The number of anilines is 1. The normalized spacial score (nSPS) is 16.7. The first-order valence-electron chi connectivity index (χ1n) is 10.3. The molecule has 0 saturated carbocycles. The largest absolute Gasteiger partial charge is 0.480 e. The van der Waals surface area contributed by atoms with Gasteiger partial charge in [0.15, 0.2) is 0 Å². The van der Waals surface area contributed by atoms with Gasteiger partial charge < -0.3 is 26.4 Å². The molecule has 158 valence electrons. The lowest BCUT2D eigenvalue weighted by Gasteiger charge is -2.27. The number of carbonyl (C=O) groups excluding carboxylic acids is 2. The highest BCUT2D eigenvalue weighted by molar-refractivity contribution is 5.86. The third-order valence-electron chi connectivity index (χ3n) is 5.31. The van der Waals surface area contributed by atoms with Gasteiger partial charge in [0.1, 0.15) is 11.9 Å². The summed E-state index contributed by atoms with van der Waals surface area (Å²) in [7, 11) is 0. The van der Waals surface area contributed by atoms with Crippen LogP contribution in [0.1, 0.15) is 36.9 Å². The van der Waals surface area contributed by atoms with Crippen molar-refractivity contribution in [2.45, 2.75) is 44.6 Å². The third-order valence-corrected chi connectivity index (χ3v) is 5.31. The lowest BCUT2D eigenvalue weighted by atomic mass is 10.0. The van der Waals surface area contributed by atoms with Crippen LogP contribution in [0.2, 0.25) is 0 Å². The van der Waals surface area contributed by atoms with Crippen LogP contribution < -0.4 is 21.3 Å². The summed E-state index contributed by atoms with van der Waals surface area (Å²) >= 11 is 0. The number of carbonyl (C=O) groups is 3. The van der Waals surface area contributed by atoms with Crippen molar-refractivity contribution in [3.63, 3.8) is 0 Å². The van der Waals surface area contributed by atoms with Gasteiger partial charge >= 0.3 is 5.97 Å². The number of fused-ring (bicyclic) bond motifs is 1. The van der Waals surface area contributed by atoms with Crippen molar-refractivity contribution in [3.8, 4) is 0 Å². The molecular formula is C20H29N5O4. The summed E-state index contributed by atoms with van der Waals surface area (Å²) in [6.45, 7) is 1.95. The Morgan fingerprint density at radius 3 is 2.79 bits per heavy atom. The summed E-state index contributed by atoms with van der Waals surface area (Å²) in [4.78, 5) is 39.8. The molecule has 29 heavy (non-hydrogen) atoms. The molecule has 0 aliphatic carbocycles. The molecule has 5 N–H and O–H groups in total. The van der Waals surface area contributed by atoms with E-state index in [1.807, 2.05) is 6.07 Å². The number of rotatable bonds is 10. The van der Waals surface area contributed by atoms with Crippen molar-refractivity contribution in [2.75, 3.05) is 31.5 Å². The lowest BCUT2D eigenvalue weighted by molar-refractivity contribution is -0.142. The van der Waals surface area contributed by atoms with Crippen LogP contribution in [-0.4, -0.2) is 60.1 Å². The van der Waals surface area contributed by atoms with Gasteiger partial charge in [-0.05, 0) is 43.7 Å². The summed E-state index contributed by atoms with van der Waals surface area (Å²) in [5.41, 5.74) is 2.27. The van der Waals surface area contributed by atoms with Gasteiger partial charge in [-0.2, -0.15) is 0 Å². The average Bonchev–Trinajstić information content (AvgIpc) is 2.66. The topological polar surface area (TPSA) is 132 Å². The number of aliphatic carboxylic acids is 1. The molecule has 1 fully saturated rings. The number of hydrogen-bond acceptors (Lipinski definition) is 6. The smallest absolute Gasteiger partial charge is 0.328 e. The summed E-state index contributed by atoms with van der Waals surface area (Å²) < 4.78 is 0. The molecule has 0 spiro atoms. The minimum absolute atomic E-state index is 0.113. The number of unbranched alkanes of at least 4 members (excludes halogenated alkanes) is 1.